The summed E-state index contributed by atoms with van der Waals surface area (Å²) in [6.07, 6.45) is 0. The number of ether oxygens (including phenoxy) is 1. The van der Waals surface area contributed by atoms with Gasteiger partial charge in [0.1, 0.15) is 11.6 Å². The average molecular weight is 518 g/mol. The third kappa shape index (κ3) is 5.68. The van der Waals surface area contributed by atoms with Crippen molar-refractivity contribution in [1.82, 2.24) is 24.6 Å². The minimum Gasteiger partial charge on any atom is -0.497 e. The normalized spacial score (nSPS) is 14.1. The van der Waals surface area contributed by atoms with Gasteiger partial charge in [-0.15, -0.1) is 10.2 Å². The van der Waals surface area contributed by atoms with Crippen molar-refractivity contribution in [2.45, 2.75) is 10.9 Å². The molecule has 2 heterocycles. The highest BCUT2D eigenvalue weighted by atomic mass is 32.2. The Morgan fingerprint density at radius 1 is 0.973 bits per heavy atom. The first kappa shape index (κ1) is 25.0. The maximum absolute atomic E-state index is 13.7. The minimum absolute atomic E-state index is 0.0753. The first-order valence-electron chi connectivity index (χ1n) is 12.1. The Morgan fingerprint density at radius 3 is 2.41 bits per heavy atom. The predicted molar refractivity (Wildman–Crippen MR) is 143 cm³/mol. The zero-order valence-corrected chi connectivity index (χ0v) is 21.6. The van der Waals surface area contributed by atoms with Crippen molar-refractivity contribution in [2.24, 2.45) is 0 Å². The van der Waals surface area contributed by atoms with E-state index in [2.05, 4.69) is 22.1 Å². The number of methoxy groups -OCH3 is 1. The molecule has 1 saturated heterocycles. The van der Waals surface area contributed by atoms with Crippen LogP contribution in [0.4, 0.5) is 4.39 Å². The summed E-state index contributed by atoms with van der Waals surface area (Å²) in [6.45, 7) is 3.29. The Kier molecular flexibility index (Phi) is 7.52. The largest absolute Gasteiger partial charge is 0.497 e. The maximum Gasteiger partial charge on any atom is 0.253 e. The number of nitrogens with zero attached hydrogens (tertiary/aromatic N) is 5. The van der Waals surface area contributed by atoms with Crippen molar-refractivity contribution in [1.29, 1.82) is 0 Å². The Morgan fingerprint density at radius 2 is 1.70 bits per heavy atom. The van der Waals surface area contributed by atoms with Gasteiger partial charge in [0.15, 0.2) is 11.0 Å². The lowest BCUT2D eigenvalue weighted by Gasteiger charge is -2.32. The molecule has 9 heteroatoms. The SMILES string of the molecule is COc1cccc(-c2nnc(SCc3ccc(C(=O)N4CCN(C)CC4)cc3)n2-c2ccc(F)cc2)c1. The van der Waals surface area contributed by atoms with Gasteiger partial charge < -0.3 is 14.5 Å². The second-order valence-electron chi connectivity index (χ2n) is 8.93. The average Bonchev–Trinajstić information content (AvgIpc) is 3.36. The first-order chi connectivity index (χ1) is 18.0. The number of carbonyl (C=O) groups is 1. The lowest BCUT2D eigenvalue weighted by atomic mass is 10.1. The van der Waals surface area contributed by atoms with Crippen LogP contribution in [0.5, 0.6) is 5.75 Å². The molecule has 190 valence electrons. The summed E-state index contributed by atoms with van der Waals surface area (Å²) in [7, 11) is 3.69. The van der Waals surface area contributed by atoms with Crippen LogP contribution in [0, 0.1) is 5.82 Å². The van der Waals surface area contributed by atoms with Crippen LogP contribution in [0.2, 0.25) is 0 Å². The molecule has 0 N–H and O–H groups in total. The molecule has 37 heavy (non-hydrogen) atoms. The third-order valence-electron chi connectivity index (χ3n) is 6.41. The molecule has 1 fully saturated rings. The highest BCUT2D eigenvalue weighted by molar-refractivity contribution is 7.98. The standard InChI is InChI=1S/C28H28FN5O2S/c1-32-14-16-33(17-15-32)27(35)21-8-6-20(7-9-21)19-37-28-31-30-26(22-4-3-5-25(18-22)36-2)34(28)24-12-10-23(29)11-13-24/h3-13,18H,14-17,19H2,1-2H3. The van der Waals surface area contributed by atoms with Crippen LogP contribution in [0.25, 0.3) is 17.1 Å². The lowest BCUT2D eigenvalue weighted by molar-refractivity contribution is 0.0664. The van der Waals surface area contributed by atoms with Crippen molar-refractivity contribution in [3.8, 4) is 22.8 Å². The van der Waals surface area contributed by atoms with Crippen LogP contribution < -0.4 is 4.74 Å². The van der Waals surface area contributed by atoms with E-state index in [1.54, 1.807) is 19.2 Å². The zero-order chi connectivity index (χ0) is 25.8. The van der Waals surface area contributed by atoms with Crippen molar-refractivity contribution in [3.63, 3.8) is 0 Å². The number of thioether (sulfide) groups is 1. The van der Waals surface area contributed by atoms with Crippen LogP contribution in [0.1, 0.15) is 15.9 Å². The molecule has 0 spiro atoms. The number of aromatic nitrogens is 3. The van der Waals surface area contributed by atoms with E-state index in [9.17, 15) is 9.18 Å². The Balaban J connectivity index is 1.36. The molecule has 0 saturated carbocycles. The molecule has 0 aliphatic carbocycles. The molecule has 5 rings (SSSR count). The third-order valence-corrected chi connectivity index (χ3v) is 7.41. The summed E-state index contributed by atoms with van der Waals surface area (Å²) in [5, 5.41) is 9.59. The number of rotatable bonds is 7. The fraction of sp³-hybridized carbons (Fsp3) is 0.250. The van der Waals surface area contributed by atoms with Gasteiger partial charge >= 0.3 is 0 Å². The van der Waals surface area contributed by atoms with Crippen molar-refractivity contribution >= 4 is 17.7 Å². The second-order valence-corrected chi connectivity index (χ2v) is 9.87. The second kappa shape index (κ2) is 11.1. The summed E-state index contributed by atoms with van der Waals surface area (Å²) in [5.74, 6) is 1.76. The van der Waals surface area contributed by atoms with Gasteiger partial charge in [0.2, 0.25) is 0 Å². The number of halogens is 1. The van der Waals surface area contributed by atoms with Gasteiger partial charge in [-0.05, 0) is 61.1 Å². The van der Waals surface area contributed by atoms with E-state index in [1.807, 2.05) is 58.0 Å². The van der Waals surface area contributed by atoms with Gasteiger partial charge in [-0.3, -0.25) is 9.36 Å². The summed E-state index contributed by atoms with van der Waals surface area (Å²) in [6, 6.07) is 21.6. The molecule has 0 bridgehead atoms. The van der Waals surface area contributed by atoms with E-state index in [-0.39, 0.29) is 11.7 Å². The molecule has 1 aliphatic heterocycles. The molecular weight excluding hydrogens is 489 g/mol. The summed E-state index contributed by atoms with van der Waals surface area (Å²) in [4.78, 5) is 17.0. The molecule has 1 amide bonds. The molecule has 1 aliphatic rings. The van der Waals surface area contributed by atoms with Gasteiger partial charge in [-0.25, -0.2) is 4.39 Å². The number of carbonyl (C=O) groups excluding carboxylic acids is 1. The van der Waals surface area contributed by atoms with E-state index < -0.39 is 0 Å². The number of hydrogen-bond donors (Lipinski definition) is 0. The molecular formula is C28H28FN5O2S. The van der Waals surface area contributed by atoms with Crippen molar-refractivity contribution in [3.05, 3.63) is 89.7 Å². The molecule has 3 aromatic carbocycles. The number of amides is 1. The van der Waals surface area contributed by atoms with Crippen LogP contribution >= 0.6 is 11.8 Å². The number of benzene rings is 3. The fourth-order valence-electron chi connectivity index (χ4n) is 4.22. The van der Waals surface area contributed by atoms with Gasteiger partial charge in [0.05, 0.1) is 7.11 Å². The van der Waals surface area contributed by atoms with Crippen LogP contribution in [-0.2, 0) is 5.75 Å². The van der Waals surface area contributed by atoms with Crippen LogP contribution in [0.3, 0.4) is 0 Å². The van der Waals surface area contributed by atoms with Crippen molar-refractivity contribution < 1.29 is 13.9 Å². The molecule has 0 unspecified atom stereocenters. The van der Waals surface area contributed by atoms with Gasteiger partial charge in [0, 0.05) is 48.7 Å². The lowest BCUT2D eigenvalue weighted by Crippen LogP contribution is -2.47. The van der Waals surface area contributed by atoms with Gasteiger partial charge in [-0.2, -0.15) is 0 Å². The molecule has 0 atom stereocenters. The highest BCUT2D eigenvalue weighted by Crippen LogP contribution is 2.31. The summed E-state index contributed by atoms with van der Waals surface area (Å²) >= 11 is 1.53. The summed E-state index contributed by atoms with van der Waals surface area (Å²) in [5.41, 5.74) is 3.37. The smallest absolute Gasteiger partial charge is 0.253 e. The molecule has 4 aromatic rings. The van der Waals surface area contributed by atoms with E-state index in [0.717, 1.165) is 43.0 Å². The minimum atomic E-state index is -0.305. The monoisotopic (exact) mass is 517 g/mol. The molecule has 1 aromatic heterocycles. The van der Waals surface area contributed by atoms with E-state index >= 15 is 0 Å². The van der Waals surface area contributed by atoms with Gasteiger partial charge in [0.25, 0.3) is 5.91 Å². The molecule has 7 nitrogen and oxygen atoms in total. The number of hydrogen-bond acceptors (Lipinski definition) is 6. The highest BCUT2D eigenvalue weighted by Gasteiger charge is 2.21. The summed E-state index contributed by atoms with van der Waals surface area (Å²) < 4.78 is 21.0. The van der Waals surface area contributed by atoms with Crippen LogP contribution in [-0.4, -0.2) is 70.8 Å². The Bertz CT molecular complexity index is 1370. The fourth-order valence-corrected chi connectivity index (χ4v) is 5.13. The Hall–Kier alpha value is -3.69. The van der Waals surface area contributed by atoms with E-state index in [0.29, 0.717) is 28.0 Å². The van der Waals surface area contributed by atoms with E-state index in [1.165, 1.54) is 23.9 Å². The first-order valence-corrected chi connectivity index (χ1v) is 13.1. The van der Waals surface area contributed by atoms with Crippen LogP contribution in [0.15, 0.2) is 78.0 Å². The molecule has 0 radical (unpaired) electrons. The predicted octanol–water partition coefficient (Wildman–Crippen LogP) is 4.76. The maximum atomic E-state index is 13.7. The van der Waals surface area contributed by atoms with Gasteiger partial charge in [-0.1, -0.05) is 36.0 Å². The zero-order valence-electron chi connectivity index (χ0n) is 20.8. The topological polar surface area (TPSA) is 63.5 Å². The number of likely N-dealkylation sites (N-methyl/N-ethyl adjacent to an activating group) is 1. The quantitative estimate of drug-likeness (QED) is 0.330. The number of piperazine rings is 1. The Labute approximate surface area is 219 Å². The van der Waals surface area contributed by atoms with Crippen molar-refractivity contribution in [2.75, 3.05) is 40.3 Å². The van der Waals surface area contributed by atoms with E-state index in [4.69, 9.17) is 4.74 Å².